The predicted octanol–water partition coefficient (Wildman–Crippen LogP) is 4.05. The number of hydrogen-bond acceptors (Lipinski definition) is 6. The van der Waals surface area contributed by atoms with E-state index in [9.17, 15) is 35.9 Å². The molecule has 14 heteroatoms. The summed E-state index contributed by atoms with van der Waals surface area (Å²) in [5, 5.41) is 2.27. The van der Waals surface area contributed by atoms with Gasteiger partial charge < -0.3 is 15.8 Å². The van der Waals surface area contributed by atoms with Gasteiger partial charge in [0.05, 0.1) is 18.0 Å². The number of carbonyl (C=O) groups is 2. The fourth-order valence-corrected chi connectivity index (χ4v) is 2.43. The molecule has 0 fully saturated rings. The van der Waals surface area contributed by atoms with Gasteiger partial charge in [-0.3, -0.25) is 9.59 Å². The first-order chi connectivity index (χ1) is 15.3. The number of nitrogens with zero attached hydrogens (tertiary/aromatic N) is 3. The number of nitrogens with one attached hydrogen (secondary N) is 1. The molecule has 0 aliphatic rings. The van der Waals surface area contributed by atoms with E-state index >= 15 is 0 Å². The van der Waals surface area contributed by atoms with Crippen LogP contribution in [0.25, 0.3) is 0 Å². The predicted molar refractivity (Wildman–Crippen MR) is 99.3 cm³/mol. The van der Waals surface area contributed by atoms with E-state index in [-0.39, 0.29) is 11.3 Å². The fraction of sp³-hybridized carbons (Fsp3) is 0.105. The quantitative estimate of drug-likeness (QED) is 0.542. The number of anilines is 1. The number of primary amides is 1. The minimum Gasteiger partial charge on any atom is -0.435 e. The molecule has 0 unspecified atom stereocenters. The first-order valence-electron chi connectivity index (χ1n) is 8.70. The lowest BCUT2D eigenvalue weighted by atomic mass is 10.1. The van der Waals surface area contributed by atoms with E-state index in [0.29, 0.717) is 24.7 Å². The lowest BCUT2D eigenvalue weighted by Gasteiger charge is -2.14. The van der Waals surface area contributed by atoms with Crippen molar-refractivity contribution < 1.29 is 40.7 Å². The minimum absolute atomic E-state index is 0.0216. The van der Waals surface area contributed by atoms with Crippen molar-refractivity contribution in [2.24, 2.45) is 5.73 Å². The van der Waals surface area contributed by atoms with E-state index in [1.54, 1.807) is 0 Å². The highest BCUT2D eigenvalue weighted by Crippen LogP contribution is 2.33. The van der Waals surface area contributed by atoms with Crippen LogP contribution in [-0.4, -0.2) is 26.8 Å². The molecule has 1 aromatic carbocycles. The average molecular weight is 471 g/mol. The number of alkyl halides is 6. The molecule has 0 aliphatic carbocycles. The zero-order valence-corrected chi connectivity index (χ0v) is 16.0. The Morgan fingerprint density at radius 2 is 1.58 bits per heavy atom. The van der Waals surface area contributed by atoms with Gasteiger partial charge in [0.2, 0.25) is 17.6 Å². The van der Waals surface area contributed by atoms with Crippen LogP contribution in [0.2, 0.25) is 0 Å². The Bertz CT molecular complexity index is 1200. The molecule has 2 heterocycles. The number of carbonyl (C=O) groups excluding carboxylic acids is 2. The van der Waals surface area contributed by atoms with Crippen molar-refractivity contribution in [3.8, 4) is 11.6 Å². The van der Waals surface area contributed by atoms with Gasteiger partial charge in [-0.15, -0.1) is 0 Å². The van der Waals surface area contributed by atoms with Crippen molar-refractivity contribution in [3.05, 3.63) is 71.4 Å². The van der Waals surface area contributed by atoms with E-state index in [1.165, 1.54) is 24.3 Å². The molecular formula is C19H11F6N5O3. The van der Waals surface area contributed by atoms with Gasteiger partial charge in [-0.1, -0.05) is 6.07 Å². The van der Waals surface area contributed by atoms with Gasteiger partial charge in [0, 0.05) is 17.4 Å². The maximum atomic E-state index is 13.1. The molecule has 0 spiro atoms. The SMILES string of the molecule is NC(=O)c1cccc(NC(=O)c2cc(C(F)(F)F)cnc2Oc2cnc(C(F)(F)F)nc2)c1. The Morgan fingerprint density at radius 3 is 2.15 bits per heavy atom. The van der Waals surface area contributed by atoms with E-state index in [4.69, 9.17) is 10.5 Å². The third-order valence-corrected chi connectivity index (χ3v) is 3.92. The number of pyridine rings is 1. The summed E-state index contributed by atoms with van der Waals surface area (Å²) in [5.74, 6) is -4.46. The van der Waals surface area contributed by atoms with Crippen LogP contribution in [-0.2, 0) is 12.4 Å². The van der Waals surface area contributed by atoms with Gasteiger partial charge in [-0.05, 0) is 24.3 Å². The van der Waals surface area contributed by atoms with E-state index in [0.717, 1.165) is 0 Å². The van der Waals surface area contributed by atoms with Crippen LogP contribution in [0, 0.1) is 0 Å². The van der Waals surface area contributed by atoms with Crippen molar-refractivity contribution in [1.82, 2.24) is 15.0 Å². The third-order valence-electron chi connectivity index (χ3n) is 3.92. The van der Waals surface area contributed by atoms with E-state index < -0.39 is 52.7 Å². The fourth-order valence-electron chi connectivity index (χ4n) is 2.43. The molecule has 172 valence electrons. The van der Waals surface area contributed by atoms with Gasteiger partial charge in [0.1, 0.15) is 5.56 Å². The smallest absolute Gasteiger partial charge is 0.435 e. The molecular weight excluding hydrogens is 460 g/mol. The van der Waals surface area contributed by atoms with Gasteiger partial charge in [0.15, 0.2) is 5.75 Å². The van der Waals surface area contributed by atoms with Crippen LogP contribution in [0.3, 0.4) is 0 Å². The molecule has 2 amide bonds. The molecule has 8 nitrogen and oxygen atoms in total. The highest BCUT2D eigenvalue weighted by atomic mass is 19.4. The molecule has 33 heavy (non-hydrogen) atoms. The van der Waals surface area contributed by atoms with Gasteiger partial charge in [-0.25, -0.2) is 15.0 Å². The van der Waals surface area contributed by atoms with Crippen molar-refractivity contribution in [2.45, 2.75) is 12.4 Å². The van der Waals surface area contributed by atoms with Gasteiger partial charge in [-0.2, -0.15) is 26.3 Å². The summed E-state index contributed by atoms with van der Waals surface area (Å²) in [6, 6.07) is 5.70. The Balaban J connectivity index is 1.95. The summed E-state index contributed by atoms with van der Waals surface area (Å²) in [7, 11) is 0. The normalized spacial score (nSPS) is 11.7. The Hall–Kier alpha value is -4.23. The second-order valence-corrected chi connectivity index (χ2v) is 6.32. The number of amides is 2. The Morgan fingerprint density at radius 1 is 0.909 bits per heavy atom. The standard InChI is InChI=1S/C19H11F6N5O3/c20-18(21,22)10-5-13(15(32)30-11-3-1-2-9(4-11)14(26)31)16(27-6-10)33-12-7-28-17(29-8-12)19(23,24)25/h1-8H,(H2,26,31)(H,30,32). The summed E-state index contributed by atoms with van der Waals surface area (Å²) in [6.07, 6.45) is -8.06. The number of ether oxygens (including phenoxy) is 1. The maximum Gasteiger partial charge on any atom is 0.451 e. The second kappa shape index (κ2) is 8.72. The van der Waals surface area contributed by atoms with Crippen LogP contribution in [0.1, 0.15) is 32.1 Å². The second-order valence-electron chi connectivity index (χ2n) is 6.32. The van der Waals surface area contributed by atoms with Crippen molar-refractivity contribution in [1.29, 1.82) is 0 Å². The van der Waals surface area contributed by atoms with Gasteiger partial charge >= 0.3 is 12.4 Å². The molecule has 3 rings (SSSR count). The summed E-state index contributed by atoms with van der Waals surface area (Å²) < 4.78 is 82.3. The molecule has 0 saturated heterocycles. The lowest BCUT2D eigenvalue weighted by Crippen LogP contribution is -2.17. The Labute approximate surface area is 180 Å². The zero-order valence-electron chi connectivity index (χ0n) is 16.0. The lowest BCUT2D eigenvalue weighted by molar-refractivity contribution is -0.145. The summed E-state index contributed by atoms with van der Waals surface area (Å²) in [4.78, 5) is 33.5. The Kier molecular flexibility index (Phi) is 6.19. The molecule has 0 radical (unpaired) electrons. The summed E-state index contributed by atoms with van der Waals surface area (Å²) in [6.45, 7) is 0. The van der Waals surface area contributed by atoms with Crippen molar-refractivity contribution in [2.75, 3.05) is 5.32 Å². The van der Waals surface area contributed by atoms with Crippen LogP contribution in [0.4, 0.5) is 32.0 Å². The highest BCUT2D eigenvalue weighted by molar-refractivity contribution is 6.06. The minimum atomic E-state index is -4.86. The summed E-state index contributed by atoms with van der Waals surface area (Å²) >= 11 is 0. The number of halogens is 6. The third kappa shape index (κ3) is 5.72. The molecule has 3 aromatic rings. The van der Waals surface area contributed by atoms with Gasteiger partial charge in [0.25, 0.3) is 5.91 Å². The number of aromatic nitrogens is 3. The number of nitrogens with two attached hydrogens (primary N) is 1. The average Bonchev–Trinajstić information content (AvgIpc) is 2.73. The van der Waals surface area contributed by atoms with Crippen LogP contribution < -0.4 is 15.8 Å². The van der Waals surface area contributed by atoms with Crippen LogP contribution >= 0.6 is 0 Å². The molecule has 0 aliphatic heterocycles. The molecule has 2 aromatic heterocycles. The number of rotatable bonds is 5. The largest absolute Gasteiger partial charge is 0.451 e. The molecule has 0 bridgehead atoms. The van der Waals surface area contributed by atoms with Crippen LogP contribution in [0.15, 0.2) is 48.9 Å². The topological polar surface area (TPSA) is 120 Å². The summed E-state index contributed by atoms with van der Waals surface area (Å²) in [5.41, 5.74) is 3.22. The first kappa shape index (κ1) is 23.4. The molecule has 0 saturated carbocycles. The zero-order chi connectivity index (χ0) is 24.4. The highest BCUT2D eigenvalue weighted by Gasteiger charge is 2.35. The number of benzene rings is 1. The first-order valence-corrected chi connectivity index (χ1v) is 8.70. The molecule has 3 N–H and O–H groups in total. The molecule has 0 atom stereocenters. The monoisotopic (exact) mass is 471 g/mol. The van der Waals surface area contributed by atoms with Crippen LogP contribution in [0.5, 0.6) is 11.6 Å². The van der Waals surface area contributed by atoms with E-state index in [1.807, 2.05) is 0 Å². The number of hydrogen-bond donors (Lipinski definition) is 2. The van der Waals surface area contributed by atoms with Crippen molar-refractivity contribution >= 4 is 17.5 Å². The van der Waals surface area contributed by atoms with E-state index in [2.05, 4.69) is 20.3 Å². The van der Waals surface area contributed by atoms with Crippen molar-refractivity contribution in [3.63, 3.8) is 0 Å². The maximum absolute atomic E-state index is 13.1.